The van der Waals surface area contributed by atoms with Crippen LogP contribution in [0.5, 0.6) is 5.75 Å². The van der Waals surface area contributed by atoms with Gasteiger partial charge in [0.1, 0.15) is 5.75 Å². The molecule has 0 saturated heterocycles. The van der Waals surface area contributed by atoms with E-state index in [2.05, 4.69) is 17.2 Å². The van der Waals surface area contributed by atoms with Crippen LogP contribution in [0.25, 0.3) is 0 Å². The van der Waals surface area contributed by atoms with E-state index in [1.807, 2.05) is 0 Å². The zero-order chi connectivity index (χ0) is 15.2. The second-order valence-corrected chi connectivity index (χ2v) is 5.32. The van der Waals surface area contributed by atoms with Crippen LogP contribution in [0.2, 0.25) is 5.02 Å². The topological polar surface area (TPSA) is 64.3 Å². The molecule has 3 N–H and O–H groups in total. The first-order valence-corrected chi connectivity index (χ1v) is 7.32. The highest BCUT2D eigenvalue weighted by Gasteiger charge is 2.11. The molecule has 1 aromatic heterocycles. The van der Waals surface area contributed by atoms with Crippen molar-refractivity contribution in [3.63, 3.8) is 0 Å². The molecule has 0 fully saturated rings. The van der Waals surface area contributed by atoms with E-state index in [-0.39, 0.29) is 12.5 Å². The van der Waals surface area contributed by atoms with Crippen molar-refractivity contribution < 1.29 is 9.53 Å². The normalized spacial score (nSPS) is 9.67. The van der Waals surface area contributed by atoms with Crippen molar-refractivity contribution in [3.8, 4) is 17.6 Å². The van der Waals surface area contributed by atoms with Crippen molar-refractivity contribution in [1.82, 2.24) is 0 Å². The van der Waals surface area contributed by atoms with Crippen LogP contribution >= 0.6 is 22.9 Å². The molecule has 2 rings (SSSR count). The Bertz CT molecular complexity index is 716. The number of amides is 1. The summed E-state index contributed by atoms with van der Waals surface area (Å²) in [6.07, 6.45) is 0. The molecule has 108 valence electrons. The van der Waals surface area contributed by atoms with Gasteiger partial charge in [0.2, 0.25) is 0 Å². The lowest BCUT2D eigenvalue weighted by Gasteiger charge is -2.06. The highest BCUT2D eigenvalue weighted by atomic mass is 35.5. The highest BCUT2D eigenvalue weighted by Crippen LogP contribution is 2.26. The molecule has 0 aliphatic heterocycles. The van der Waals surface area contributed by atoms with E-state index < -0.39 is 0 Å². The molecule has 0 radical (unpaired) electrons. The third-order valence-corrected chi connectivity index (χ3v) is 3.82. The molecular formula is C15H13ClN2O2S. The first-order valence-electron chi connectivity index (χ1n) is 6.06. The van der Waals surface area contributed by atoms with Gasteiger partial charge in [-0.3, -0.25) is 4.79 Å². The predicted molar refractivity (Wildman–Crippen MR) is 86.2 cm³/mol. The zero-order valence-electron chi connectivity index (χ0n) is 11.3. The molecule has 0 spiro atoms. The number of hydrogen-bond donors (Lipinski definition) is 2. The third-order valence-electron chi connectivity index (χ3n) is 2.58. The highest BCUT2D eigenvalue weighted by molar-refractivity contribution is 7.12. The number of thiophene rings is 1. The van der Waals surface area contributed by atoms with E-state index in [4.69, 9.17) is 22.1 Å². The van der Waals surface area contributed by atoms with Crippen molar-refractivity contribution in [2.24, 2.45) is 5.73 Å². The number of carbonyl (C=O) groups is 1. The van der Waals surface area contributed by atoms with Gasteiger partial charge in [0.15, 0.2) is 0 Å². The fraction of sp³-hybridized carbons (Fsp3) is 0.133. The summed E-state index contributed by atoms with van der Waals surface area (Å²) < 4.78 is 5.06. The average molecular weight is 321 g/mol. The number of nitrogens with one attached hydrogen (secondary N) is 1. The summed E-state index contributed by atoms with van der Waals surface area (Å²) in [5.41, 5.74) is 6.59. The van der Waals surface area contributed by atoms with E-state index in [0.717, 1.165) is 5.56 Å². The van der Waals surface area contributed by atoms with Crippen molar-refractivity contribution in [1.29, 1.82) is 0 Å². The molecule has 1 aromatic carbocycles. The monoisotopic (exact) mass is 320 g/mol. The molecule has 0 aliphatic rings. The summed E-state index contributed by atoms with van der Waals surface area (Å²) in [5.74, 6) is 6.06. The second-order valence-electron chi connectivity index (χ2n) is 4.01. The quantitative estimate of drug-likeness (QED) is 0.855. The minimum atomic E-state index is -0.242. The standard InChI is InChI=1S/C15H13ClN2O2S/c1-20-11-8-14(21-9-11)15(19)18-13-7-10(3-2-6-17)4-5-12(13)16/h4-5,7-9H,6,17H2,1H3,(H,18,19). The van der Waals surface area contributed by atoms with E-state index in [0.29, 0.717) is 21.3 Å². The van der Waals surface area contributed by atoms with Gasteiger partial charge >= 0.3 is 0 Å². The smallest absolute Gasteiger partial charge is 0.265 e. The minimum Gasteiger partial charge on any atom is -0.496 e. The van der Waals surface area contributed by atoms with Gasteiger partial charge in [-0.25, -0.2) is 0 Å². The number of benzene rings is 1. The van der Waals surface area contributed by atoms with Gasteiger partial charge in [-0.05, 0) is 18.2 Å². The Morgan fingerprint density at radius 2 is 2.29 bits per heavy atom. The fourth-order valence-electron chi connectivity index (χ4n) is 1.58. The van der Waals surface area contributed by atoms with Gasteiger partial charge in [-0.1, -0.05) is 23.4 Å². The maximum Gasteiger partial charge on any atom is 0.265 e. The van der Waals surface area contributed by atoms with Gasteiger partial charge in [0.05, 0.1) is 29.2 Å². The molecule has 0 atom stereocenters. The Labute approximate surface area is 131 Å². The van der Waals surface area contributed by atoms with Crippen molar-refractivity contribution >= 4 is 34.5 Å². The Hall–Kier alpha value is -2.00. The minimum absolute atomic E-state index is 0.242. The molecule has 4 nitrogen and oxygen atoms in total. The zero-order valence-corrected chi connectivity index (χ0v) is 12.8. The maximum absolute atomic E-state index is 12.1. The van der Waals surface area contributed by atoms with E-state index in [1.165, 1.54) is 11.3 Å². The summed E-state index contributed by atoms with van der Waals surface area (Å²) in [6, 6.07) is 6.85. The molecule has 0 bridgehead atoms. The Morgan fingerprint density at radius 1 is 1.48 bits per heavy atom. The van der Waals surface area contributed by atoms with Gasteiger partial charge < -0.3 is 15.8 Å². The van der Waals surface area contributed by atoms with E-state index >= 15 is 0 Å². The molecule has 0 unspecified atom stereocenters. The summed E-state index contributed by atoms with van der Waals surface area (Å²) in [5, 5.41) is 4.98. The average Bonchev–Trinajstić information content (AvgIpc) is 2.97. The van der Waals surface area contributed by atoms with Crippen LogP contribution < -0.4 is 15.8 Å². The predicted octanol–water partition coefficient (Wildman–Crippen LogP) is 2.97. The summed E-state index contributed by atoms with van der Waals surface area (Å²) in [7, 11) is 1.56. The van der Waals surface area contributed by atoms with Crippen molar-refractivity contribution in [2.75, 3.05) is 19.0 Å². The summed E-state index contributed by atoms with van der Waals surface area (Å²) in [4.78, 5) is 12.7. The van der Waals surface area contributed by atoms with Gasteiger partial charge in [0.25, 0.3) is 5.91 Å². The Morgan fingerprint density at radius 3 is 2.95 bits per heavy atom. The number of rotatable bonds is 3. The first-order chi connectivity index (χ1) is 10.1. The molecule has 1 heterocycles. The number of carbonyl (C=O) groups excluding carboxylic acids is 1. The number of methoxy groups -OCH3 is 1. The SMILES string of the molecule is COc1csc(C(=O)Nc2cc(C#CCN)ccc2Cl)c1. The number of halogens is 1. The lowest BCUT2D eigenvalue weighted by Crippen LogP contribution is -2.10. The van der Waals surface area contributed by atoms with Crippen LogP contribution in [0.3, 0.4) is 0 Å². The van der Waals surface area contributed by atoms with Crippen LogP contribution in [0, 0.1) is 11.8 Å². The van der Waals surface area contributed by atoms with Gasteiger partial charge in [-0.2, -0.15) is 0 Å². The lowest BCUT2D eigenvalue weighted by molar-refractivity contribution is 0.103. The Kier molecular flexibility index (Phi) is 5.23. The second kappa shape index (κ2) is 7.14. The van der Waals surface area contributed by atoms with Crippen LogP contribution in [0.1, 0.15) is 15.2 Å². The largest absolute Gasteiger partial charge is 0.496 e. The van der Waals surface area contributed by atoms with E-state index in [9.17, 15) is 4.79 Å². The van der Waals surface area contributed by atoms with Crippen molar-refractivity contribution in [3.05, 3.63) is 45.1 Å². The summed E-state index contributed by atoms with van der Waals surface area (Å²) >= 11 is 7.39. The van der Waals surface area contributed by atoms with Crippen LogP contribution in [-0.4, -0.2) is 19.6 Å². The Balaban J connectivity index is 2.20. The number of anilines is 1. The molecule has 21 heavy (non-hydrogen) atoms. The number of ether oxygens (including phenoxy) is 1. The maximum atomic E-state index is 12.1. The molecule has 0 aliphatic carbocycles. The third kappa shape index (κ3) is 3.99. The lowest BCUT2D eigenvalue weighted by atomic mass is 10.2. The molecule has 6 heteroatoms. The van der Waals surface area contributed by atoms with Gasteiger partial charge in [-0.15, -0.1) is 11.3 Å². The number of nitrogens with two attached hydrogens (primary N) is 1. The molecular weight excluding hydrogens is 308 g/mol. The molecule has 2 aromatic rings. The first kappa shape index (κ1) is 15.4. The number of hydrogen-bond acceptors (Lipinski definition) is 4. The molecule has 1 amide bonds. The summed E-state index contributed by atoms with van der Waals surface area (Å²) in [6.45, 7) is 0.277. The van der Waals surface area contributed by atoms with Crippen LogP contribution in [-0.2, 0) is 0 Å². The fourth-order valence-corrected chi connectivity index (χ4v) is 2.50. The van der Waals surface area contributed by atoms with E-state index in [1.54, 1.807) is 36.8 Å². The van der Waals surface area contributed by atoms with Crippen LogP contribution in [0.4, 0.5) is 5.69 Å². The molecule has 0 saturated carbocycles. The van der Waals surface area contributed by atoms with Crippen molar-refractivity contribution in [2.45, 2.75) is 0 Å². The van der Waals surface area contributed by atoms with Gasteiger partial charge in [0, 0.05) is 17.0 Å². The van der Waals surface area contributed by atoms with Crippen LogP contribution in [0.15, 0.2) is 29.6 Å².